The van der Waals surface area contributed by atoms with Crippen molar-refractivity contribution in [2.45, 2.75) is 23.5 Å². The molecule has 4 rings (SSSR count). The third kappa shape index (κ3) is 3.94. The Labute approximate surface area is 157 Å². The minimum atomic E-state index is 0.210. The van der Waals surface area contributed by atoms with Gasteiger partial charge in [0, 0.05) is 28.6 Å². The van der Waals surface area contributed by atoms with Crippen molar-refractivity contribution in [3.8, 4) is 0 Å². The van der Waals surface area contributed by atoms with Crippen molar-refractivity contribution in [2.24, 2.45) is 11.8 Å². The van der Waals surface area contributed by atoms with Crippen molar-refractivity contribution in [3.05, 3.63) is 52.2 Å². The van der Waals surface area contributed by atoms with Gasteiger partial charge in [0.25, 0.3) is 5.91 Å². The highest BCUT2D eigenvalue weighted by molar-refractivity contribution is 7.98. The summed E-state index contributed by atoms with van der Waals surface area (Å²) in [6.45, 7) is 4.04. The zero-order valence-corrected chi connectivity index (χ0v) is 16.0. The highest BCUT2D eigenvalue weighted by Crippen LogP contribution is 2.31. The molecule has 0 unspecified atom stereocenters. The van der Waals surface area contributed by atoms with Gasteiger partial charge in [0.15, 0.2) is 0 Å². The molecule has 25 heavy (non-hydrogen) atoms. The lowest BCUT2D eigenvalue weighted by atomic mass is 9.92. The smallest absolute Gasteiger partial charge is 0.254 e. The van der Waals surface area contributed by atoms with E-state index in [-0.39, 0.29) is 5.91 Å². The van der Waals surface area contributed by atoms with E-state index in [1.807, 2.05) is 18.2 Å². The molecule has 2 aliphatic heterocycles. The summed E-state index contributed by atoms with van der Waals surface area (Å²) in [7, 11) is 0. The molecule has 5 heteroatoms. The monoisotopic (exact) mass is 372 g/mol. The average molecular weight is 373 g/mol. The zero-order chi connectivity index (χ0) is 17.1. The van der Waals surface area contributed by atoms with Crippen LogP contribution in [0.25, 0.3) is 0 Å². The molecule has 2 aliphatic rings. The number of carbonyl (C=O) groups excluding carboxylic acids is 1. The lowest BCUT2D eigenvalue weighted by molar-refractivity contribution is 0.0755. The highest BCUT2D eigenvalue weighted by Gasteiger charge is 2.32. The third-order valence-electron chi connectivity index (χ3n) is 5.37. The van der Waals surface area contributed by atoms with Crippen molar-refractivity contribution in [1.82, 2.24) is 10.2 Å². The number of nitrogens with one attached hydrogen (secondary N) is 1. The predicted molar refractivity (Wildman–Crippen MR) is 105 cm³/mol. The standard InChI is InChI=1S/C20H24N2OS2/c23-20(22-9-7-15-12-21-13-16(15)8-10-22)18-5-1-2-6-19(18)25-14-17-4-3-11-24-17/h1-6,11,15-16,21H,7-10,12-14H2/t15-,16+. The normalized spacial score (nSPS) is 23.3. The molecule has 1 N–H and O–H groups in total. The maximum Gasteiger partial charge on any atom is 0.254 e. The summed E-state index contributed by atoms with van der Waals surface area (Å²) in [6, 6.07) is 12.3. The summed E-state index contributed by atoms with van der Waals surface area (Å²) in [4.78, 5) is 17.7. The third-order valence-corrected chi connectivity index (χ3v) is 7.56. The zero-order valence-electron chi connectivity index (χ0n) is 14.3. The van der Waals surface area contributed by atoms with Crippen molar-refractivity contribution in [3.63, 3.8) is 0 Å². The van der Waals surface area contributed by atoms with Gasteiger partial charge in [-0.15, -0.1) is 23.1 Å². The van der Waals surface area contributed by atoms with Gasteiger partial charge in [0.1, 0.15) is 0 Å². The van der Waals surface area contributed by atoms with E-state index < -0.39 is 0 Å². The lowest BCUT2D eigenvalue weighted by Crippen LogP contribution is -2.33. The molecule has 1 aromatic heterocycles. The number of amides is 1. The van der Waals surface area contributed by atoms with Crippen LogP contribution >= 0.6 is 23.1 Å². The molecule has 2 aromatic rings. The van der Waals surface area contributed by atoms with Gasteiger partial charge >= 0.3 is 0 Å². The van der Waals surface area contributed by atoms with Gasteiger partial charge < -0.3 is 10.2 Å². The van der Waals surface area contributed by atoms with Gasteiger partial charge in [0.2, 0.25) is 0 Å². The number of likely N-dealkylation sites (tertiary alicyclic amines) is 1. The number of fused-ring (bicyclic) bond motifs is 1. The SMILES string of the molecule is O=C(c1ccccc1SCc1cccs1)N1CC[C@@H]2CNC[C@@H]2CC1. The number of thiophene rings is 1. The van der Waals surface area contributed by atoms with Gasteiger partial charge in [-0.1, -0.05) is 18.2 Å². The summed E-state index contributed by atoms with van der Waals surface area (Å²) in [6.07, 6.45) is 2.27. The maximum atomic E-state index is 13.2. The molecule has 1 amide bonds. The van der Waals surface area contributed by atoms with Crippen LogP contribution in [-0.4, -0.2) is 37.0 Å². The number of hydrogen-bond acceptors (Lipinski definition) is 4. The van der Waals surface area contributed by atoms with Crippen LogP contribution in [0.3, 0.4) is 0 Å². The second-order valence-electron chi connectivity index (χ2n) is 6.91. The molecule has 3 heterocycles. The summed E-state index contributed by atoms with van der Waals surface area (Å²) in [5.74, 6) is 2.64. The van der Waals surface area contributed by atoms with E-state index in [2.05, 4.69) is 33.8 Å². The van der Waals surface area contributed by atoms with Crippen LogP contribution in [0.4, 0.5) is 0 Å². The topological polar surface area (TPSA) is 32.3 Å². The first-order valence-electron chi connectivity index (χ1n) is 9.05. The second-order valence-corrected chi connectivity index (χ2v) is 8.96. The molecule has 0 saturated carbocycles. The molecule has 3 nitrogen and oxygen atoms in total. The Morgan fingerprint density at radius 1 is 1.12 bits per heavy atom. The Balaban J connectivity index is 1.46. The largest absolute Gasteiger partial charge is 0.339 e. The average Bonchev–Trinajstić information content (AvgIpc) is 3.28. The van der Waals surface area contributed by atoms with Crippen LogP contribution < -0.4 is 5.32 Å². The predicted octanol–water partition coefficient (Wildman–Crippen LogP) is 4.11. The lowest BCUT2D eigenvalue weighted by Gasteiger charge is -2.22. The van der Waals surface area contributed by atoms with E-state index in [0.29, 0.717) is 0 Å². The minimum absolute atomic E-state index is 0.210. The molecule has 2 saturated heterocycles. The summed E-state index contributed by atoms with van der Waals surface area (Å²) in [5, 5.41) is 5.61. The van der Waals surface area contributed by atoms with E-state index in [1.54, 1.807) is 23.1 Å². The van der Waals surface area contributed by atoms with E-state index in [4.69, 9.17) is 0 Å². The van der Waals surface area contributed by atoms with Crippen molar-refractivity contribution in [2.75, 3.05) is 26.2 Å². The van der Waals surface area contributed by atoms with Crippen molar-refractivity contribution in [1.29, 1.82) is 0 Å². The number of carbonyl (C=O) groups is 1. The molecule has 132 valence electrons. The maximum absolute atomic E-state index is 13.2. The first kappa shape index (κ1) is 17.1. The summed E-state index contributed by atoms with van der Waals surface area (Å²) >= 11 is 3.55. The molecule has 0 spiro atoms. The Kier molecular flexibility index (Phi) is 5.44. The molecule has 0 aliphatic carbocycles. The summed E-state index contributed by atoms with van der Waals surface area (Å²) in [5.41, 5.74) is 0.870. The molecular weight excluding hydrogens is 348 g/mol. The van der Waals surface area contributed by atoms with Gasteiger partial charge in [-0.25, -0.2) is 0 Å². The highest BCUT2D eigenvalue weighted by atomic mass is 32.2. The van der Waals surface area contributed by atoms with Crippen LogP contribution in [0, 0.1) is 11.8 Å². The van der Waals surface area contributed by atoms with Gasteiger partial charge in [0.05, 0.1) is 5.56 Å². The van der Waals surface area contributed by atoms with Gasteiger partial charge in [-0.3, -0.25) is 4.79 Å². The van der Waals surface area contributed by atoms with Crippen LogP contribution in [-0.2, 0) is 5.75 Å². The Bertz CT molecular complexity index is 702. The van der Waals surface area contributed by atoms with Crippen LogP contribution in [0.15, 0.2) is 46.7 Å². The second kappa shape index (κ2) is 7.94. The molecule has 0 bridgehead atoms. The molecule has 2 atom stereocenters. The van der Waals surface area contributed by atoms with Crippen LogP contribution in [0.1, 0.15) is 28.1 Å². The van der Waals surface area contributed by atoms with Crippen LogP contribution in [0.5, 0.6) is 0 Å². The number of benzene rings is 1. The molecular formula is C20H24N2OS2. The number of thioether (sulfide) groups is 1. The number of nitrogens with zero attached hydrogens (tertiary/aromatic N) is 1. The van der Waals surface area contributed by atoms with E-state index in [1.165, 1.54) is 4.88 Å². The quantitative estimate of drug-likeness (QED) is 0.820. The van der Waals surface area contributed by atoms with Crippen molar-refractivity contribution < 1.29 is 4.79 Å². The Morgan fingerprint density at radius 3 is 2.60 bits per heavy atom. The molecule has 1 aromatic carbocycles. The minimum Gasteiger partial charge on any atom is -0.339 e. The Hall–Kier alpha value is -1.30. The fraction of sp³-hybridized carbons (Fsp3) is 0.450. The molecule has 0 radical (unpaired) electrons. The number of hydrogen-bond donors (Lipinski definition) is 1. The van der Waals surface area contributed by atoms with E-state index in [0.717, 1.165) is 67.1 Å². The fourth-order valence-corrected chi connectivity index (χ4v) is 5.72. The van der Waals surface area contributed by atoms with Gasteiger partial charge in [-0.2, -0.15) is 0 Å². The van der Waals surface area contributed by atoms with Crippen molar-refractivity contribution >= 4 is 29.0 Å². The first-order valence-corrected chi connectivity index (χ1v) is 10.9. The fourth-order valence-electron chi connectivity index (χ4n) is 3.90. The molecule has 2 fully saturated rings. The summed E-state index contributed by atoms with van der Waals surface area (Å²) < 4.78 is 0. The van der Waals surface area contributed by atoms with Gasteiger partial charge in [-0.05, 0) is 61.3 Å². The van der Waals surface area contributed by atoms with E-state index >= 15 is 0 Å². The Morgan fingerprint density at radius 2 is 1.88 bits per heavy atom. The number of rotatable bonds is 4. The van der Waals surface area contributed by atoms with Crippen LogP contribution in [0.2, 0.25) is 0 Å². The van der Waals surface area contributed by atoms with E-state index in [9.17, 15) is 4.79 Å². The first-order chi connectivity index (χ1) is 12.3.